The smallest absolute Gasteiger partial charge is 0.303 e. The number of ketones is 1. The molecule has 1 aliphatic heterocycles. The van der Waals surface area contributed by atoms with E-state index in [-0.39, 0.29) is 23.9 Å². The first-order valence-electron chi connectivity index (χ1n) is 9.18. The average molecular weight is 357 g/mol. The lowest BCUT2D eigenvalue weighted by Gasteiger charge is -2.41. The highest BCUT2D eigenvalue weighted by Crippen LogP contribution is 2.25. The standard InChI is InChI=1S/C10H18O4.C9H17NO/c11-9(12)7-5-3-1-2-4-6-8-10(13)14;1-8(2)5-7(11)6-9(3,4)10-8/h1-8H2,(H,11,12)(H,13,14);10H,5-6H2,1-4H3. The highest BCUT2D eigenvalue weighted by molar-refractivity contribution is 5.81. The van der Waals surface area contributed by atoms with E-state index >= 15 is 0 Å². The molecule has 1 fully saturated rings. The van der Waals surface area contributed by atoms with Gasteiger partial charge in [-0.2, -0.15) is 0 Å². The van der Waals surface area contributed by atoms with Crippen molar-refractivity contribution < 1.29 is 24.6 Å². The predicted molar refractivity (Wildman–Crippen MR) is 97.7 cm³/mol. The third-order valence-electron chi connectivity index (χ3n) is 3.99. The maximum Gasteiger partial charge on any atom is 0.303 e. The lowest BCUT2D eigenvalue weighted by atomic mass is 9.82. The molecule has 146 valence electrons. The normalized spacial score (nSPS) is 18.2. The van der Waals surface area contributed by atoms with E-state index in [1.807, 2.05) is 0 Å². The largest absolute Gasteiger partial charge is 0.481 e. The van der Waals surface area contributed by atoms with Crippen molar-refractivity contribution in [1.82, 2.24) is 5.32 Å². The first-order chi connectivity index (χ1) is 11.4. The molecule has 0 aromatic rings. The number of rotatable bonds is 9. The van der Waals surface area contributed by atoms with Crippen molar-refractivity contribution in [2.45, 2.75) is 103 Å². The molecule has 3 N–H and O–H groups in total. The van der Waals surface area contributed by atoms with E-state index in [9.17, 15) is 14.4 Å². The molecule has 1 aliphatic rings. The van der Waals surface area contributed by atoms with Crippen LogP contribution in [0.4, 0.5) is 0 Å². The van der Waals surface area contributed by atoms with Crippen molar-refractivity contribution in [2.24, 2.45) is 0 Å². The molecule has 1 saturated heterocycles. The second-order valence-corrected chi connectivity index (χ2v) is 8.19. The summed E-state index contributed by atoms with van der Waals surface area (Å²) < 4.78 is 0. The minimum absolute atomic E-state index is 0.0150. The zero-order valence-electron chi connectivity index (χ0n) is 16.2. The second-order valence-electron chi connectivity index (χ2n) is 8.19. The molecule has 0 spiro atoms. The van der Waals surface area contributed by atoms with Crippen LogP contribution in [0, 0.1) is 0 Å². The number of hydrogen-bond acceptors (Lipinski definition) is 4. The molecule has 1 rings (SSSR count). The molecule has 0 radical (unpaired) electrons. The molecule has 0 aromatic heterocycles. The Bertz CT molecular complexity index is 405. The SMILES string of the molecule is CC1(C)CC(=O)CC(C)(C)N1.O=C(O)CCCCCCCCC(=O)O. The van der Waals surface area contributed by atoms with Gasteiger partial charge in [0.25, 0.3) is 0 Å². The lowest BCUT2D eigenvalue weighted by molar-refractivity contribution is -0.138. The van der Waals surface area contributed by atoms with Crippen molar-refractivity contribution in [2.75, 3.05) is 0 Å². The molecule has 6 heteroatoms. The molecule has 0 aliphatic carbocycles. The molecule has 6 nitrogen and oxygen atoms in total. The van der Waals surface area contributed by atoms with Crippen LogP contribution in [-0.2, 0) is 14.4 Å². The number of hydrogen-bond donors (Lipinski definition) is 3. The summed E-state index contributed by atoms with van der Waals surface area (Å²) in [5, 5.41) is 20.1. The number of carboxylic acid groups (broad SMARTS) is 2. The highest BCUT2D eigenvalue weighted by Gasteiger charge is 2.36. The minimum atomic E-state index is -0.740. The Kier molecular flexibility index (Phi) is 10.6. The number of nitrogens with one attached hydrogen (secondary N) is 1. The summed E-state index contributed by atoms with van der Waals surface area (Å²) in [7, 11) is 0. The van der Waals surface area contributed by atoms with Crippen LogP contribution in [0.3, 0.4) is 0 Å². The third-order valence-corrected chi connectivity index (χ3v) is 3.99. The number of aliphatic carboxylic acids is 2. The molecule has 0 unspecified atom stereocenters. The van der Waals surface area contributed by atoms with Gasteiger partial charge in [-0.25, -0.2) is 0 Å². The summed E-state index contributed by atoms with van der Waals surface area (Å²) in [4.78, 5) is 31.5. The van der Waals surface area contributed by atoms with E-state index < -0.39 is 11.9 Å². The van der Waals surface area contributed by atoms with Gasteiger partial charge in [0.15, 0.2) is 0 Å². The number of carbonyl (C=O) groups is 3. The van der Waals surface area contributed by atoms with E-state index in [4.69, 9.17) is 10.2 Å². The Morgan fingerprint density at radius 3 is 1.40 bits per heavy atom. The van der Waals surface area contributed by atoms with Crippen molar-refractivity contribution >= 4 is 17.7 Å². The van der Waals surface area contributed by atoms with E-state index in [0.29, 0.717) is 18.6 Å². The summed E-state index contributed by atoms with van der Waals surface area (Å²) in [5.41, 5.74) is -0.0301. The fourth-order valence-electron chi connectivity index (χ4n) is 3.31. The average Bonchev–Trinajstić information content (AvgIpc) is 2.37. The summed E-state index contributed by atoms with van der Waals surface area (Å²) in [5.74, 6) is -1.11. The molecular formula is C19H35NO5. The van der Waals surface area contributed by atoms with Crippen LogP contribution >= 0.6 is 0 Å². The fraction of sp³-hybridized carbons (Fsp3) is 0.842. The van der Waals surface area contributed by atoms with Crippen LogP contribution in [0.15, 0.2) is 0 Å². The van der Waals surface area contributed by atoms with Gasteiger partial charge in [-0.05, 0) is 40.5 Å². The molecule has 25 heavy (non-hydrogen) atoms. The second kappa shape index (κ2) is 11.2. The van der Waals surface area contributed by atoms with Gasteiger partial charge in [0.2, 0.25) is 0 Å². The molecule has 1 heterocycles. The monoisotopic (exact) mass is 357 g/mol. The maximum absolute atomic E-state index is 11.3. The minimum Gasteiger partial charge on any atom is -0.481 e. The van der Waals surface area contributed by atoms with Gasteiger partial charge >= 0.3 is 11.9 Å². The number of piperidine rings is 1. The maximum atomic E-state index is 11.3. The van der Waals surface area contributed by atoms with Crippen LogP contribution < -0.4 is 5.32 Å². The number of carbonyl (C=O) groups excluding carboxylic acids is 1. The van der Waals surface area contributed by atoms with Crippen LogP contribution in [0.25, 0.3) is 0 Å². The van der Waals surface area contributed by atoms with Gasteiger partial charge in [-0.3, -0.25) is 14.4 Å². The molecule has 0 bridgehead atoms. The van der Waals surface area contributed by atoms with Crippen LogP contribution in [-0.4, -0.2) is 39.0 Å². The van der Waals surface area contributed by atoms with Gasteiger partial charge in [0, 0.05) is 36.8 Å². The van der Waals surface area contributed by atoms with E-state index in [2.05, 4.69) is 33.0 Å². The third kappa shape index (κ3) is 14.6. The first-order valence-corrected chi connectivity index (χ1v) is 9.18. The Morgan fingerprint density at radius 1 is 0.800 bits per heavy atom. The fourth-order valence-corrected chi connectivity index (χ4v) is 3.31. The number of unbranched alkanes of at least 4 members (excludes halogenated alkanes) is 5. The summed E-state index contributed by atoms with van der Waals surface area (Å²) in [6.45, 7) is 8.30. The van der Waals surface area contributed by atoms with Gasteiger partial charge in [-0.1, -0.05) is 25.7 Å². The molecular weight excluding hydrogens is 322 g/mol. The van der Waals surface area contributed by atoms with E-state index in [0.717, 1.165) is 38.5 Å². The van der Waals surface area contributed by atoms with Crippen LogP contribution in [0.2, 0.25) is 0 Å². The summed E-state index contributed by atoms with van der Waals surface area (Å²) >= 11 is 0. The van der Waals surface area contributed by atoms with Gasteiger partial charge in [0.1, 0.15) is 5.78 Å². The Hall–Kier alpha value is -1.43. The van der Waals surface area contributed by atoms with Gasteiger partial charge in [-0.15, -0.1) is 0 Å². The van der Waals surface area contributed by atoms with Crippen molar-refractivity contribution in [3.8, 4) is 0 Å². The lowest BCUT2D eigenvalue weighted by Crippen LogP contribution is -2.58. The molecule has 0 saturated carbocycles. The first kappa shape index (κ1) is 23.6. The topological polar surface area (TPSA) is 104 Å². The van der Waals surface area contributed by atoms with Gasteiger partial charge < -0.3 is 15.5 Å². The Balaban J connectivity index is 0.000000472. The summed E-state index contributed by atoms with van der Waals surface area (Å²) in [6.07, 6.45) is 7.15. The van der Waals surface area contributed by atoms with Crippen molar-refractivity contribution in [1.29, 1.82) is 0 Å². The van der Waals surface area contributed by atoms with Crippen molar-refractivity contribution in [3.63, 3.8) is 0 Å². The van der Waals surface area contributed by atoms with E-state index in [1.54, 1.807) is 0 Å². The molecule has 0 atom stereocenters. The van der Waals surface area contributed by atoms with Crippen molar-refractivity contribution in [3.05, 3.63) is 0 Å². The number of carboxylic acids is 2. The molecule has 0 amide bonds. The predicted octanol–water partition coefficient (Wildman–Crippen LogP) is 3.77. The zero-order chi connectivity index (χ0) is 19.5. The van der Waals surface area contributed by atoms with Crippen LogP contribution in [0.5, 0.6) is 0 Å². The highest BCUT2D eigenvalue weighted by atomic mass is 16.4. The van der Waals surface area contributed by atoms with Gasteiger partial charge in [0.05, 0.1) is 0 Å². The number of Topliss-reactive ketones (excluding diaryl/α,β-unsaturated/α-hetero) is 1. The molecule has 0 aromatic carbocycles. The quantitative estimate of drug-likeness (QED) is 0.543. The Labute approximate surface area is 151 Å². The Morgan fingerprint density at radius 2 is 1.12 bits per heavy atom. The summed E-state index contributed by atoms with van der Waals surface area (Å²) in [6, 6.07) is 0. The van der Waals surface area contributed by atoms with Crippen LogP contribution in [0.1, 0.15) is 91.9 Å². The zero-order valence-corrected chi connectivity index (χ0v) is 16.2. The van der Waals surface area contributed by atoms with E-state index in [1.165, 1.54) is 0 Å².